The summed E-state index contributed by atoms with van der Waals surface area (Å²) in [5.41, 5.74) is 2.81. The summed E-state index contributed by atoms with van der Waals surface area (Å²) < 4.78 is 10.3. The molecule has 1 N–H and O–H groups in total. The van der Waals surface area contributed by atoms with Crippen molar-refractivity contribution in [3.05, 3.63) is 52.2 Å². The van der Waals surface area contributed by atoms with Crippen LogP contribution in [0.3, 0.4) is 0 Å². The minimum absolute atomic E-state index is 0.0191. The van der Waals surface area contributed by atoms with Crippen molar-refractivity contribution < 1.29 is 19.1 Å². The van der Waals surface area contributed by atoms with Crippen LogP contribution in [0.15, 0.2) is 51.6 Å². The van der Waals surface area contributed by atoms with Gasteiger partial charge in [-0.3, -0.25) is 4.79 Å². The molecule has 158 valence electrons. The number of nitrogens with zero attached hydrogens (tertiary/aromatic N) is 2. The standard InChI is InChI=1S/C22H25N3O4S/c1-13-19(21(27)29-3)20(15-6-8-17(28-2)9-7-15)25-16(12-30-22(25)24-13)10-18(26)23-11-14-4-5-14/h6-9,12,14,20H,4-5,10-11H2,1-3H3,(H,23,26). The Kier molecular flexibility index (Phi) is 5.85. The van der Waals surface area contributed by atoms with Crippen LogP contribution >= 0.6 is 11.8 Å². The van der Waals surface area contributed by atoms with Crippen LogP contribution in [0, 0.1) is 5.92 Å². The van der Waals surface area contributed by atoms with E-state index >= 15 is 0 Å². The maximum absolute atomic E-state index is 12.7. The maximum atomic E-state index is 12.7. The molecule has 0 aromatic heterocycles. The van der Waals surface area contributed by atoms with E-state index in [0.29, 0.717) is 17.2 Å². The van der Waals surface area contributed by atoms with E-state index in [1.807, 2.05) is 41.5 Å². The first-order chi connectivity index (χ1) is 14.5. The fraction of sp³-hybridized carbons (Fsp3) is 0.409. The lowest BCUT2D eigenvalue weighted by Gasteiger charge is -2.36. The molecule has 4 rings (SSSR count). The van der Waals surface area contributed by atoms with Gasteiger partial charge in [0.25, 0.3) is 0 Å². The number of allylic oxidation sites excluding steroid dienone is 1. The number of hydrogen-bond acceptors (Lipinski definition) is 7. The molecule has 2 heterocycles. The number of amides is 1. The summed E-state index contributed by atoms with van der Waals surface area (Å²) in [5, 5.41) is 5.71. The lowest BCUT2D eigenvalue weighted by molar-refractivity contribution is -0.136. The molecule has 1 fully saturated rings. The van der Waals surface area contributed by atoms with E-state index in [9.17, 15) is 9.59 Å². The summed E-state index contributed by atoms with van der Waals surface area (Å²) >= 11 is 1.47. The summed E-state index contributed by atoms with van der Waals surface area (Å²) in [4.78, 5) is 31.8. The van der Waals surface area contributed by atoms with Gasteiger partial charge in [0, 0.05) is 12.2 Å². The zero-order chi connectivity index (χ0) is 21.3. The molecule has 7 nitrogen and oxygen atoms in total. The van der Waals surface area contributed by atoms with E-state index in [4.69, 9.17) is 9.47 Å². The first-order valence-electron chi connectivity index (χ1n) is 9.95. The zero-order valence-corrected chi connectivity index (χ0v) is 18.1. The minimum Gasteiger partial charge on any atom is -0.497 e. The van der Waals surface area contributed by atoms with Gasteiger partial charge in [-0.05, 0) is 48.8 Å². The number of amidine groups is 1. The third-order valence-electron chi connectivity index (χ3n) is 5.46. The number of carbonyl (C=O) groups is 2. The molecular weight excluding hydrogens is 402 g/mol. The fourth-order valence-corrected chi connectivity index (χ4v) is 4.61. The normalized spacial score (nSPS) is 20.4. The second-order valence-corrected chi connectivity index (χ2v) is 8.42. The average molecular weight is 428 g/mol. The Morgan fingerprint density at radius 1 is 1.23 bits per heavy atom. The smallest absolute Gasteiger partial charge is 0.338 e. The number of thioether (sulfide) groups is 1. The van der Waals surface area contributed by atoms with E-state index in [0.717, 1.165) is 28.7 Å². The Morgan fingerprint density at radius 2 is 1.97 bits per heavy atom. The number of ether oxygens (including phenoxy) is 2. The van der Waals surface area contributed by atoms with Crippen molar-refractivity contribution in [1.82, 2.24) is 10.2 Å². The Morgan fingerprint density at radius 3 is 2.60 bits per heavy atom. The summed E-state index contributed by atoms with van der Waals surface area (Å²) in [5.74, 6) is 0.909. The van der Waals surface area contributed by atoms with Crippen molar-refractivity contribution in [3.8, 4) is 5.75 Å². The lowest BCUT2D eigenvalue weighted by atomic mass is 9.94. The van der Waals surface area contributed by atoms with Gasteiger partial charge in [-0.1, -0.05) is 23.9 Å². The largest absolute Gasteiger partial charge is 0.497 e. The van der Waals surface area contributed by atoms with E-state index < -0.39 is 12.0 Å². The highest BCUT2D eigenvalue weighted by molar-refractivity contribution is 8.16. The van der Waals surface area contributed by atoms with Gasteiger partial charge in [0.2, 0.25) is 5.91 Å². The first-order valence-corrected chi connectivity index (χ1v) is 10.8. The molecule has 1 atom stereocenters. The first kappa shape index (κ1) is 20.5. The molecule has 1 aliphatic carbocycles. The number of methoxy groups -OCH3 is 2. The summed E-state index contributed by atoms with van der Waals surface area (Å²) in [7, 11) is 2.98. The maximum Gasteiger partial charge on any atom is 0.338 e. The molecule has 1 aromatic carbocycles. The van der Waals surface area contributed by atoms with Crippen molar-refractivity contribution in [1.29, 1.82) is 0 Å². The van der Waals surface area contributed by atoms with Gasteiger partial charge in [0.1, 0.15) is 5.75 Å². The number of fused-ring (bicyclic) bond motifs is 1. The molecule has 1 saturated carbocycles. The molecule has 0 radical (unpaired) electrons. The van der Waals surface area contributed by atoms with Crippen molar-refractivity contribution in [2.75, 3.05) is 20.8 Å². The van der Waals surface area contributed by atoms with E-state index in [1.165, 1.54) is 31.7 Å². The van der Waals surface area contributed by atoms with Gasteiger partial charge >= 0.3 is 5.97 Å². The van der Waals surface area contributed by atoms with Crippen molar-refractivity contribution in [2.45, 2.75) is 32.2 Å². The van der Waals surface area contributed by atoms with Crippen molar-refractivity contribution in [3.63, 3.8) is 0 Å². The Labute approximate surface area is 180 Å². The molecule has 1 aromatic rings. The lowest BCUT2D eigenvalue weighted by Crippen LogP contribution is -2.38. The van der Waals surface area contributed by atoms with Crippen molar-refractivity contribution >= 4 is 28.8 Å². The van der Waals surface area contributed by atoms with Gasteiger partial charge in [-0.25, -0.2) is 9.79 Å². The van der Waals surface area contributed by atoms with Crippen LogP contribution in [0.25, 0.3) is 0 Å². The monoisotopic (exact) mass is 427 g/mol. The topological polar surface area (TPSA) is 80.2 Å². The van der Waals surface area contributed by atoms with Gasteiger partial charge in [0.15, 0.2) is 5.17 Å². The van der Waals surface area contributed by atoms with Crippen LogP contribution in [-0.2, 0) is 14.3 Å². The van der Waals surface area contributed by atoms with Crippen molar-refractivity contribution in [2.24, 2.45) is 10.9 Å². The van der Waals surface area contributed by atoms with E-state index in [2.05, 4.69) is 10.3 Å². The predicted molar refractivity (Wildman–Crippen MR) is 116 cm³/mol. The number of esters is 1. The van der Waals surface area contributed by atoms with Gasteiger partial charge in [0.05, 0.1) is 38.0 Å². The molecular formula is C22H25N3O4S. The molecule has 1 amide bonds. The number of benzene rings is 1. The molecule has 1 unspecified atom stereocenters. The molecule has 8 heteroatoms. The number of carbonyl (C=O) groups excluding carboxylic acids is 2. The summed E-state index contributed by atoms with van der Waals surface area (Å²) in [6, 6.07) is 7.15. The molecule has 2 aliphatic heterocycles. The Bertz CT molecular complexity index is 948. The highest BCUT2D eigenvalue weighted by Gasteiger charge is 2.41. The van der Waals surface area contributed by atoms with Crippen LogP contribution in [-0.4, -0.2) is 42.7 Å². The van der Waals surface area contributed by atoms with Crippen LogP contribution in [0.4, 0.5) is 0 Å². The number of nitrogens with one attached hydrogen (secondary N) is 1. The Balaban J connectivity index is 1.65. The molecule has 0 spiro atoms. The minimum atomic E-state index is -0.425. The predicted octanol–water partition coefficient (Wildman–Crippen LogP) is 3.36. The van der Waals surface area contributed by atoms with Crippen LogP contribution in [0.2, 0.25) is 0 Å². The molecule has 0 saturated heterocycles. The molecule has 3 aliphatic rings. The number of rotatable bonds is 7. The fourth-order valence-electron chi connectivity index (χ4n) is 3.65. The highest BCUT2D eigenvalue weighted by atomic mass is 32.2. The number of hydrogen-bond donors (Lipinski definition) is 1. The number of aliphatic imine (C=N–C) groups is 1. The zero-order valence-electron chi connectivity index (χ0n) is 17.3. The second kappa shape index (κ2) is 8.55. The highest BCUT2D eigenvalue weighted by Crippen LogP contribution is 2.45. The quantitative estimate of drug-likeness (QED) is 0.672. The SMILES string of the molecule is COC(=O)C1=C(C)N=C2SC=C(CC(=O)NCC3CC3)N2C1c1ccc(OC)cc1. The summed E-state index contributed by atoms with van der Waals surface area (Å²) in [6.45, 7) is 2.54. The van der Waals surface area contributed by atoms with Crippen LogP contribution in [0.5, 0.6) is 5.75 Å². The Hall–Kier alpha value is -2.74. The average Bonchev–Trinajstić information content (AvgIpc) is 3.51. The van der Waals surface area contributed by atoms with E-state index in [-0.39, 0.29) is 12.3 Å². The van der Waals surface area contributed by atoms with Gasteiger partial charge in [-0.15, -0.1) is 0 Å². The van der Waals surface area contributed by atoms with Gasteiger partial charge in [-0.2, -0.15) is 0 Å². The van der Waals surface area contributed by atoms with Crippen LogP contribution < -0.4 is 10.1 Å². The summed E-state index contributed by atoms with van der Waals surface area (Å²) in [6.07, 6.45) is 2.61. The molecule has 0 bridgehead atoms. The third kappa shape index (κ3) is 4.09. The third-order valence-corrected chi connectivity index (χ3v) is 6.35. The molecule has 30 heavy (non-hydrogen) atoms. The van der Waals surface area contributed by atoms with E-state index in [1.54, 1.807) is 7.11 Å². The van der Waals surface area contributed by atoms with Crippen LogP contribution in [0.1, 0.15) is 37.8 Å². The van der Waals surface area contributed by atoms with Gasteiger partial charge < -0.3 is 19.7 Å². The second-order valence-electron chi connectivity index (χ2n) is 7.58.